The number of carbonyl (C=O) groups excluding carboxylic acids is 1. The van der Waals surface area contributed by atoms with Gasteiger partial charge in [0.2, 0.25) is 5.91 Å². The topological polar surface area (TPSA) is 82.5 Å². The Morgan fingerprint density at radius 2 is 2.12 bits per heavy atom. The van der Waals surface area contributed by atoms with Crippen LogP contribution in [0.2, 0.25) is 0 Å². The number of aliphatic carboxylic acids is 1. The highest BCUT2D eigenvalue weighted by Crippen LogP contribution is 2.24. The van der Waals surface area contributed by atoms with E-state index in [1.807, 2.05) is 43.5 Å². The van der Waals surface area contributed by atoms with Gasteiger partial charge in [-0.3, -0.25) is 14.5 Å². The number of carboxylic acid groups (broad SMARTS) is 1. The van der Waals surface area contributed by atoms with Crippen molar-refractivity contribution < 1.29 is 14.7 Å². The summed E-state index contributed by atoms with van der Waals surface area (Å²) < 4.78 is 0. The highest BCUT2D eigenvalue weighted by Gasteiger charge is 2.13. The van der Waals surface area contributed by atoms with Crippen molar-refractivity contribution in [2.24, 2.45) is 0 Å². The fourth-order valence-corrected chi connectivity index (χ4v) is 3.00. The second-order valence-corrected chi connectivity index (χ2v) is 6.55. The minimum Gasteiger partial charge on any atom is -0.480 e. The van der Waals surface area contributed by atoms with E-state index in [-0.39, 0.29) is 19.0 Å². The first-order valence-corrected chi connectivity index (χ1v) is 8.62. The summed E-state index contributed by atoms with van der Waals surface area (Å²) in [5, 5.41) is 14.7. The summed E-state index contributed by atoms with van der Waals surface area (Å²) in [5.74, 6) is -1.16. The van der Waals surface area contributed by atoms with Crippen molar-refractivity contribution in [3.05, 3.63) is 34.7 Å². The molecule has 0 fully saturated rings. The average molecular weight is 347 g/mol. The number of anilines is 1. The lowest BCUT2D eigenvalue weighted by Gasteiger charge is -2.18. The predicted molar refractivity (Wildman–Crippen MR) is 95.3 cm³/mol. The standard InChI is InChI=1S/C17H21N3O3S/c1-3-7-20(10-17(22)23)9-16(21)19-14-6-4-5-13(8-14)15-11-24-12(2)18-15/h4-6,8,11H,3,7,9-10H2,1-2H3,(H,19,21)(H,22,23). The average Bonchev–Trinajstić information content (AvgIpc) is 2.93. The number of aryl methyl sites for hydroxylation is 1. The Bertz CT molecular complexity index is 715. The zero-order valence-electron chi connectivity index (χ0n) is 13.8. The molecule has 0 saturated heterocycles. The van der Waals surface area contributed by atoms with Crippen LogP contribution in [-0.2, 0) is 9.59 Å². The monoisotopic (exact) mass is 347 g/mol. The van der Waals surface area contributed by atoms with Gasteiger partial charge in [-0.2, -0.15) is 0 Å². The summed E-state index contributed by atoms with van der Waals surface area (Å²) in [4.78, 5) is 29.1. The molecule has 6 nitrogen and oxygen atoms in total. The predicted octanol–water partition coefficient (Wildman–Crippen LogP) is 2.85. The third-order valence-electron chi connectivity index (χ3n) is 3.33. The van der Waals surface area contributed by atoms with E-state index in [2.05, 4.69) is 10.3 Å². The molecule has 24 heavy (non-hydrogen) atoms. The van der Waals surface area contributed by atoms with Gasteiger partial charge in [-0.25, -0.2) is 4.98 Å². The molecule has 0 unspecified atom stereocenters. The first-order chi connectivity index (χ1) is 11.5. The maximum Gasteiger partial charge on any atom is 0.317 e. The van der Waals surface area contributed by atoms with Crippen molar-refractivity contribution in [1.82, 2.24) is 9.88 Å². The van der Waals surface area contributed by atoms with Crippen LogP contribution < -0.4 is 5.32 Å². The van der Waals surface area contributed by atoms with Gasteiger partial charge in [-0.1, -0.05) is 19.1 Å². The van der Waals surface area contributed by atoms with Crippen LogP contribution in [0, 0.1) is 6.92 Å². The molecule has 128 valence electrons. The Balaban J connectivity index is 2.02. The number of nitrogens with one attached hydrogen (secondary N) is 1. The highest BCUT2D eigenvalue weighted by molar-refractivity contribution is 7.09. The molecule has 0 atom stereocenters. The van der Waals surface area contributed by atoms with Crippen LogP contribution in [0.15, 0.2) is 29.6 Å². The SMILES string of the molecule is CCCN(CC(=O)O)CC(=O)Nc1cccc(-c2csc(C)n2)c1. The fourth-order valence-electron chi connectivity index (χ4n) is 2.38. The zero-order valence-corrected chi connectivity index (χ0v) is 14.6. The molecular formula is C17H21N3O3S. The number of nitrogens with zero attached hydrogens (tertiary/aromatic N) is 2. The third kappa shape index (κ3) is 5.43. The smallest absolute Gasteiger partial charge is 0.317 e. The summed E-state index contributed by atoms with van der Waals surface area (Å²) in [7, 11) is 0. The number of hydrogen-bond donors (Lipinski definition) is 2. The quantitative estimate of drug-likeness (QED) is 0.767. The number of aromatic nitrogens is 1. The summed E-state index contributed by atoms with van der Waals surface area (Å²) in [6.07, 6.45) is 0.791. The number of benzene rings is 1. The number of thiazole rings is 1. The molecule has 2 aromatic rings. The molecule has 0 aliphatic rings. The molecule has 1 aromatic carbocycles. The number of carboxylic acids is 1. The van der Waals surface area contributed by atoms with E-state index in [0.717, 1.165) is 22.7 Å². The molecule has 0 spiro atoms. The normalized spacial score (nSPS) is 10.8. The van der Waals surface area contributed by atoms with Gasteiger partial charge in [-0.05, 0) is 32.0 Å². The van der Waals surface area contributed by atoms with Crippen molar-refractivity contribution >= 4 is 28.9 Å². The molecule has 2 N–H and O–H groups in total. The minimum atomic E-state index is -0.933. The van der Waals surface area contributed by atoms with E-state index in [0.29, 0.717) is 12.2 Å². The van der Waals surface area contributed by atoms with E-state index in [9.17, 15) is 9.59 Å². The second kappa shape index (κ2) is 8.56. The molecule has 0 aliphatic carbocycles. The molecule has 7 heteroatoms. The van der Waals surface area contributed by atoms with Crippen molar-refractivity contribution in [1.29, 1.82) is 0 Å². The van der Waals surface area contributed by atoms with Crippen LogP contribution >= 0.6 is 11.3 Å². The molecule has 1 heterocycles. The summed E-state index contributed by atoms with van der Waals surface area (Å²) in [5.41, 5.74) is 2.50. The molecule has 1 amide bonds. The van der Waals surface area contributed by atoms with Crippen molar-refractivity contribution in [2.45, 2.75) is 20.3 Å². The van der Waals surface area contributed by atoms with E-state index >= 15 is 0 Å². The molecule has 0 radical (unpaired) electrons. The first kappa shape index (κ1) is 18.1. The van der Waals surface area contributed by atoms with Crippen molar-refractivity contribution in [3.63, 3.8) is 0 Å². The molecule has 2 rings (SSSR count). The lowest BCUT2D eigenvalue weighted by atomic mass is 10.1. The lowest BCUT2D eigenvalue weighted by molar-refractivity contribution is -0.138. The molecule has 0 saturated carbocycles. The van der Waals surface area contributed by atoms with Gasteiger partial charge in [0.1, 0.15) is 0 Å². The van der Waals surface area contributed by atoms with Crippen molar-refractivity contribution in [3.8, 4) is 11.3 Å². The van der Waals surface area contributed by atoms with Gasteiger partial charge >= 0.3 is 5.97 Å². The number of hydrogen-bond acceptors (Lipinski definition) is 5. The number of amides is 1. The van der Waals surface area contributed by atoms with Crippen LogP contribution in [0.3, 0.4) is 0 Å². The summed E-state index contributed by atoms with van der Waals surface area (Å²) >= 11 is 1.58. The number of carbonyl (C=O) groups is 2. The number of rotatable bonds is 8. The Kier molecular flexibility index (Phi) is 6.45. The Labute approximate surface area is 145 Å². The second-order valence-electron chi connectivity index (χ2n) is 5.49. The summed E-state index contributed by atoms with van der Waals surface area (Å²) in [6, 6.07) is 7.48. The van der Waals surface area contributed by atoms with E-state index in [1.165, 1.54) is 0 Å². The van der Waals surface area contributed by atoms with Crippen molar-refractivity contribution in [2.75, 3.05) is 25.0 Å². The van der Waals surface area contributed by atoms with Gasteiger partial charge in [0.25, 0.3) is 0 Å². The fraction of sp³-hybridized carbons (Fsp3) is 0.353. The maximum absolute atomic E-state index is 12.2. The van der Waals surface area contributed by atoms with Gasteiger partial charge < -0.3 is 10.4 Å². The van der Waals surface area contributed by atoms with Crippen LogP contribution in [0.1, 0.15) is 18.4 Å². The van der Waals surface area contributed by atoms with Crippen LogP contribution in [0.5, 0.6) is 0 Å². The Morgan fingerprint density at radius 1 is 1.33 bits per heavy atom. The summed E-state index contributed by atoms with van der Waals surface area (Å²) in [6.45, 7) is 4.38. The lowest BCUT2D eigenvalue weighted by Crippen LogP contribution is -2.37. The molecule has 0 bridgehead atoms. The van der Waals surface area contributed by atoms with Crippen LogP contribution in [-0.4, -0.2) is 46.5 Å². The maximum atomic E-state index is 12.2. The van der Waals surface area contributed by atoms with E-state index < -0.39 is 5.97 Å². The Hall–Kier alpha value is -2.25. The van der Waals surface area contributed by atoms with E-state index in [4.69, 9.17) is 5.11 Å². The van der Waals surface area contributed by atoms with Gasteiger partial charge in [0.05, 0.1) is 23.8 Å². The first-order valence-electron chi connectivity index (χ1n) is 7.74. The van der Waals surface area contributed by atoms with Gasteiger partial charge in [0, 0.05) is 16.6 Å². The third-order valence-corrected chi connectivity index (χ3v) is 4.10. The largest absolute Gasteiger partial charge is 0.480 e. The minimum absolute atomic E-state index is 0.0557. The van der Waals surface area contributed by atoms with Crippen LogP contribution in [0.25, 0.3) is 11.3 Å². The van der Waals surface area contributed by atoms with Gasteiger partial charge in [-0.15, -0.1) is 11.3 Å². The van der Waals surface area contributed by atoms with Gasteiger partial charge in [0.15, 0.2) is 0 Å². The van der Waals surface area contributed by atoms with E-state index in [1.54, 1.807) is 16.2 Å². The Morgan fingerprint density at radius 3 is 2.75 bits per heavy atom. The zero-order chi connectivity index (χ0) is 17.5. The highest BCUT2D eigenvalue weighted by atomic mass is 32.1. The molecule has 0 aliphatic heterocycles. The molecular weight excluding hydrogens is 326 g/mol. The molecule has 1 aromatic heterocycles. The van der Waals surface area contributed by atoms with Crippen LogP contribution in [0.4, 0.5) is 5.69 Å².